The molecule has 0 aromatic heterocycles. The highest BCUT2D eigenvalue weighted by molar-refractivity contribution is 6.30. The lowest BCUT2D eigenvalue weighted by Crippen LogP contribution is -2.06. The Bertz CT molecular complexity index is 572. The Morgan fingerprint density at radius 3 is 2.35 bits per heavy atom. The fourth-order valence-corrected chi connectivity index (χ4v) is 2.64. The Morgan fingerprint density at radius 1 is 1.05 bits per heavy atom. The lowest BCUT2D eigenvalue weighted by Gasteiger charge is -2.13. The van der Waals surface area contributed by atoms with Crippen LogP contribution in [0, 0.1) is 13.8 Å². The standard InChI is InChI=1S/C17H20ClNO/c1-12-7-16(18)8-13(2)17(12)20-11-15-6-4-5-14(9-15)10-19-3/h4-9,19H,10-11H2,1-3H3. The first-order chi connectivity index (χ1) is 9.60. The molecule has 2 aromatic carbocycles. The van der Waals surface area contributed by atoms with Crippen LogP contribution in [0.1, 0.15) is 22.3 Å². The van der Waals surface area contributed by atoms with Gasteiger partial charge < -0.3 is 10.1 Å². The Kier molecular flexibility index (Phi) is 5.05. The first-order valence-corrected chi connectivity index (χ1v) is 7.10. The molecule has 0 aliphatic rings. The lowest BCUT2D eigenvalue weighted by atomic mass is 10.1. The summed E-state index contributed by atoms with van der Waals surface area (Å²) in [6, 6.07) is 12.3. The summed E-state index contributed by atoms with van der Waals surface area (Å²) in [6.45, 7) is 5.48. The molecule has 0 saturated heterocycles. The van der Waals surface area contributed by atoms with E-state index in [0.717, 1.165) is 28.4 Å². The highest BCUT2D eigenvalue weighted by Crippen LogP contribution is 2.27. The van der Waals surface area contributed by atoms with E-state index in [9.17, 15) is 0 Å². The number of ether oxygens (including phenoxy) is 1. The predicted molar refractivity (Wildman–Crippen MR) is 84.5 cm³/mol. The summed E-state index contributed by atoms with van der Waals surface area (Å²) >= 11 is 6.03. The average molecular weight is 290 g/mol. The molecular formula is C17H20ClNO. The molecule has 0 bridgehead atoms. The molecular weight excluding hydrogens is 270 g/mol. The van der Waals surface area contributed by atoms with Gasteiger partial charge in [0.15, 0.2) is 0 Å². The molecule has 20 heavy (non-hydrogen) atoms. The minimum absolute atomic E-state index is 0.570. The van der Waals surface area contributed by atoms with Gasteiger partial charge in [-0.15, -0.1) is 0 Å². The molecule has 2 nitrogen and oxygen atoms in total. The SMILES string of the molecule is CNCc1cccc(COc2c(C)cc(Cl)cc2C)c1. The first-order valence-electron chi connectivity index (χ1n) is 6.72. The number of hydrogen-bond acceptors (Lipinski definition) is 2. The van der Waals surface area contributed by atoms with Crippen molar-refractivity contribution in [2.24, 2.45) is 0 Å². The van der Waals surface area contributed by atoms with E-state index >= 15 is 0 Å². The van der Waals surface area contributed by atoms with Crippen molar-refractivity contribution in [1.82, 2.24) is 5.32 Å². The molecule has 0 radical (unpaired) electrons. The number of rotatable bonds is 5. The van der Waals surface area contributed by atoms with Crippen molar-refractivity contribution in [2.75, 3.05) is 7.05 Å². The summed E-state index contributed by atoms with van der Waals surface area (Å²) < 4.78 is 5.96. The Balaban J connectivity index is 2.11. The van der Waals surface area contributed by atoms with Gasteiger partial charge in [-0.25, -0.2) is 0 Å². The van der Waals surface area contributed by atoms with Crippen LogP contribution in [0.3, 0.4) is 0 Å². The van der Waals surface area contributed by atoms with Gasteiger partial charge in [-0.3, -0.25) is 0 Å². The molecule has 0 fully saturated rings. The van der Waals surface area contributed by atoms with Gasteiger partial charge in [-0.2, -0.15) is 0 Å². The third kappa shape index (κ3) is 3.75. The summed E-state index contributed by atoms with van der Waals surface area (Å²) in [5.41, 5.74) is 4.58. The van der Waals surface area contributed by atoms with Crippen LogP contribution in [0.25, 0.3) is 0 Å². The molecule has 106 valence electrons. The minimum Gasteiger partial charge on any atom is -0.488 e. The second kappa shape index (κ2) is 6.78. The molecule has 0 spiro atoms. The Labute approximate surface area is 125 Å². The third-order valence-electron chi connectivity index (χ3n) is 3.18. The average Bonchev–Trinajstić information content (AvgIpc) is 2.38. The van der Waals surface area contributed by atoms with Gasteiger partial charge in [0, 0.05) is 11.6 Å². The van der Waals surface area contributed by atoms with Gasteiger partial charge in [-0.05, 0) is 55.3 Å². The van der Waals surface area contributed by atoms with Crippen molar-refractivity contribution >= 4 is 11.6 Å². The Morgan fingerprint density at radius 2 is 1.70 bits per heavy atom. The summed E-state index contributed by atoms with van der Waals surface area (Å²) in [5, 5.41) is 3.91. The van der Waals surface area contributed by atoms with E-state index < -0.39 is 0 Å². The molecule has 1 N–H and O–H groups in total. The molecule has 0 atom stereocenters. The van der Waals surface area contributed by atoms with E-state index in [2.05, 4.69) is 29.6 Å². The minimum atomic E-state index is 0.570. The summed E-state index contributed by atoms with van der Waals surface area (Å²) in [7, 11) is 1.95. The maximum absolute atomic E-state index is 6.03. The van der Waals surface area contributed by atoms with E-state index in [0.29, 0.717) is 6.61 Å². The smallest absolute Gasteiger partial charge is 0.125 e. The van der Waals surface area contributed by atoms with Gasteiger partial charge in [0.2, 0.25) is 0 Å². The van der Waals surface area contributed by atoms with E-state index in [1.807, 2.05) is 33.0 Å². The van der Waals surface area contributed by atoms with Crippen LogP contribution in [0.15, 0.2) is 36.4 Å². The third-order valence-corrected chi connectivity index (χ3v) is 3.40. The first kappa shape index (κ1) is 14.9. The van der Waals surface area contributed by atoms with E-state index in [1.165, 1.54) is 11.1 Å². The van der Waals surface area contributed by atoms with Crippen LogP contribution >= 0.6 is 11.6 Å². The lowest BCUT2D eigenvalue weighted by molar-refractivity contribution is 0.302. The largest absolute Gasteiger partial charge is 0.488 e. The zero-order chi connectivity index (χ0) is 14.5. The summed E-state index contributed by atoms with van der Waals surface area (Å²) in [6.07, 6.45) is 0. The second-order valence-corrected chi connectivity index (χ2v) is 5.44. The number of benzene rings is 2. The zero-order valence-electron chi connectivity index (χ0n) is 12.2. The summed E-state index contributed by atoms with van der Waals surface area (Å²) in [4.78, 5) is 0. The fraction of sp³-hybridized carbons (Fsp3) is 0.294. The van der Waals surface area contributed by atoms with Crippen LogP contribution in [-0.2, 0) is 13.2 Å². The molecule has 2 aromatic rings. The zero-order valence-corrected chi connectivity index (χ0v) is 12.9. The molecule has 0 aliphatic carbocycles. The van der Waals surface area contributed by atoms with Gasteiger partial charge in [0.05, 0.1) is 0 Å². The van der Waals surface area contributed by atoms with Crippen molar-refractivity contribution in [2.45, 2.75) is 27.0 Å². The van der Waals surface area contributed by atoms with Crippen LogP contribution in [0.4, 0.5) is 0 Å². The second-order valence-electron chi connectivity index (χ2n) is 5.01. The number of nitrogens with one attached hydrogen (secondary N) is 1. The van der Waals surface area contributed by atoms with Gasteiger partial charge >= 0.3 is 0 Å². The molecule has 0 saturated carbocycles. The maximum atomic E-state index is 6.03. The quantitative estimate of drug-likeness (QED) is 0.888. The van der Waals surface area contributed by atoms with E-state index in [1.54, 1.807) is 0 Å². The molecule has 3 heteroatoms. The van der Waals surface area contributed by atoms with Crippen molar-refractivity contribution in [3.05, 3.63) is 63.7 Å². The maximum Gasteiger partial charge on any atom is 0.125 e. The molecule has 0 aliphatic heterocycles. The number of hydrogen-bond donors (Lipinski definition) is 1. The van der Waals surface area contributed by atoms with Gasteiger partial charge in [0.1, 0.15) is 12.4 Å². The molecule has 0 unspecified atom stereocenters. The van der Waals surface area contributed by atoms with E-state index in [-0.39, 0.29) is 0 Å². The van der Waals surface area contributed by atoms with Crippen LogP contribution < -0.4 is 10.1 Å². The van der Waals surface area contributed by atoms with Crippen molar-refractivity contribution in [3.63, 3.8) is 0 Å². The van der Waals surface area contributed by atoms with Crippen molar-refractivity contribution < 1.29 is 4.74 Å². The fourth-order valence-electron chi connectivity index (χ4n) is 2.31. The van der Waals surface area contributed by atoms with Crippen LogP contribution in [0.2, 0.25) is 5.02 Å². The normalized spacial score (nSPS) is 10.6. The monoisotopic (exact) mass is 289 g/mol. The van der Waals surface area contributed by atoms with Gasteiger partial charge in [-0.1, -0.05) is 35.9 Å². The molecule has 2 rings (SSSR count). The predicted octanol–water partition coefficient (Wildman–Crippen LogP) is 4.26. The Hall–Kier alpha value is -1.51. The highest BCUT2D eigenvalue weighted by Gasteiger charge is 2.06. The number of aryl methyl sites for hydroxylation is 2. The van der Waals surface area contributed by atoms with Crippen LogP contribution in [0.5, 0.6) is 5.75 Å². The molecule has 0 heterocycles. The summed E-state index contributed by atoms with van der Waals surface area (Å²) in [5.74, 6) is 0.924. The van der Waals surface area contributed by atoms with Crippen molar-refractivity contribution in [3.8, 4) is 5.75 Å². The molecule has 0 amide bonds. The number of halogens is 1. The van der Waals surface area contributed by atoms with Crippen molar-refractivity contribution in [1.29, 1.82) is 0 Å². The highest BCUT2D eigenvalue weighted by atomic mass is 35.5. The van der Waals surface area contributed by atoms with Crippen LogP contribution in [-0.4, -0.2) is 7.05 Å². The van der Waals surface area contributed by atoms with E-state index in [4.69, 9.17) is 16.3 Å². The van der Waals surface area contributed by atoms with Gasteiger partial charge in [0.25, 0.3) is 0 Å². The topological polar surface area (TPSA) is 21.3 Å².